The van der Waals surface area contributed by atoms with Crippen molar-refractivity contribution >= 4 is 11.8 Å². The van der Waals surface area contributed by atoms with Crippen LogP contribution in [0.1, 0.15) is 27.8 Å². The van der Waals surface area contributed by atoms with E-state index in [2.05, 4.69) is 140 Å². The molecule has 10 rings (SSSR count). The predicted octanol–water partition coefficient (Wildman–Crippen LogP) is 11.8. The van der Waals surface area contributed by atoms with E-state index < -0.39 is 5.41 Å². The van der Waals surface area contributed by atoms with Gasteiger partial charge in [-0.25, -0.2) is 9.97 Å². The topological polar surface area (TPSA) is 49.6 Å². The summed E-state index contributed by atoms with van der Waals surface area (Å²) in [5, 5.41) is 10.1. The molecule has 8 aromatic rings. The third-order valence-electron chi connectivity index (χ3n) is 10.4. The minimum absolute atomic E-state index is 0.564. The van der Waals surface area contributed by atoms with Crippen LogP contribution in [0.25, 0.3) is 56.2 Å². The highest BCUT2D eigenvalue weighted by Gasteiger charge is 2.50. The van der Waals surface area contributed by atoms with Crippen molar-refractivity contribution in [2.45, 2.75) is 15.2 Å². The Morgan fingerprint density at radius 1 is 0.423 bits per heavy atom. The van der Waals surface area contributed by atoms with Gasteiger partial charge in [0.25, 0.3) is 0 Å². The molecule has 0 amide bonds. The molecule has 0 N–H and O–H groups in total. The number of aromatic nitrogens is 2. The quantitative estimate of drug-likeness (QED) is 0.186. The Balaban J connectivity index is 1.17. The molecule has 0 unspecified atom stereocenters. The molecule has 0 bridgehead atoms. The van der Waals surface area contributed by atoms with Crippen LogP contribution in [0.4, 0.5) is 0 Å². The van der Waals surface area contributed by atoms with E-state index in [0.717, 1.165) is 44.8 Å². The molecule has 3 nitrogen and oxygen atoms in total. The fourth-order valence-corrected chi connectivity index (χ4v) is 9.23. The molecule has 7 aromatic carbocycles. The first-order valence-corrected chi connectivity index (χ1v) is 18.2. The van der Waals surface area contributed by atoms with Crippen molar-refractivity contribution in [2.75, 3.05) is 0 Å². The third-order valence-corrected chi connectivity index (χ3v) is 11.5. The molecule has 0 radical (unpaired) electrons. The molecule has 0 atom stereocenters. The summed E-state index contributed by atoms with van der Waals surface area (Å²) in [5.74, 6) is 0.698. The van der Waals surface area contributed by atoms with Gasteiger partial charge in [0.05, 0.1) is 28.4 Å². The summed E-state index contributed by atoms with van der Waals surface area (Å²) in [6, 6.07) is 64.3. The normalized spacial score (nSPS) is 13.1. The molecule has 0 saturated heterocycles. The second-order valence-corrected chi connectivity index (χ2v) is 14.3. The smallest absolute Gasteiger partial charge is 0.160 e. The molecular formula is C48H29N3S. The van der Waals surface area contributed by atoms with Crippen LogP contribution in [-0.2, 0) is 5.41 Å². The Labute approximate surface area is 307 Å². The maximum Gasteiger partial charge on any atom is 0.160 e. The zero-order valence-corrected chi connectivity index (χ0v) is 28.8. The molecule has 1 aliphatic carbocycles. The lowest BCUT2D eigenvalue weighted by Crippen LogP contribution is -2.32. The summed E-state index contributed by atoms with van der Waals surface area (Å²) in [5.41, 5.74) is 14.5. The molecule has 4 heteroatoms. The van der Waals surface area contributed by atoms with E-state index in [1.165, 1.54) is 37.6 Å². The van der Waals surface area contributed by atoms with Crippen molar-refractivity contribution in [1.29, 1.82) is 5.26 Å². The zero-order chi connectivity index (χ0) is 34.6. The van der Waals surface area contributed by atoms with E-state index >= 15 is 0 Å². The number of benzene rings is 7. The Bertz CT molecular complexity index is 2630. The second-order valence-electron chi connectivity index (χ2n) is 13.3. The highest BCUT2D eigenvalue weighted by Crippen LogP contribution is 2.62. The van der Waals surface area contributed by atoms with Crippen LogP contribution in [0.2, 0.25) is 0 Å². The van der Waals surface area contributed by atoms with Crippen molar-refractivity contribution < 1.29 is 0 Å². The van der Waals surface area contributed by atoms with E-state index in [1.807, 2.05) is 42.5 Å². The van der Waals surface area contributed by atoms with Gasteiger partial charge in [-0.1, -0.05) is 145 Å². The summed E-state index contributed by atoms with van der Waals surface area (Å²) >= 11 is 1.79. The number of nitriles is 1. The first kappa shape index (κ1) is 30.3. The molecular weight excluding hydrogens is 651 g/mol. The molecule has 0 fully saturated rings. The van der Waals surface area contributed by atoms with Gasteiger partial charge < -0.3 is 0 Å². The van der Waals surface area contributed by atoms with Gasteiger partial charge in [0.1, 0.15) is 0 Å². The van der Waals surface area contributed by atoms with E-state index in [0.29, 0.717) is 11.4 Å². The fourth-order valence-electron chi connectivity index (χ4n) is 8.08. The van der Waals surface area contributed by atoms with Crippen molar-refractivity contribution in [3.8, 4) is 62.2 Å². The van der Waals surface area contributed by atoms with Crippen LogP contribution in [-0.4, -0.2) is 9.97 Å². The lowest BCUT2D eigenvalue weighted by Gasteiger charge is -2.40. The van der Waals surface area contributed by atoms with Crippen LogP contribution in [0, 0.1) is 11.3 Å². The van der Waals surface area contributed by atoms with E-state index in [1.54, 1.807) is 11.8 Å². The molecule has 2 aliphatic rings. The van der Waals surface area contributed by atoms with Crippen LogP contribution >= 0.6 is 11.8 Å². The molecule has 1 aliphatic heterocycles. The van der Waals surface area contributed by atoms with Gasteiger partial charge in [-0.15, -0.1) is 0 Å². The van der Waals surface area contributed by atoms with Crippen molar-refractivity contribution in [3.63, 3.8) is 0 Å². The van der Waals surface area contributed by atoms with E-state index in [-0.39, 0.29) is 0 Å². The van der Waals surface area contributed by atoms with Gasteiger partial charge in [-0.2, -0.15) is 5.26 Å². The second kappa shape index (κ2) is 12.1. The number of hydrogen-bond donors (Lipinski definition) is 0. The number of hydrogen-bond acceptors (Lipinski definition) is 4. The molecule has 0 saturated carbocycles. The minimum atomic E-state index is -0.564. The van der Waals surface area contributed by atoms with Gasteiger partial charge in [0, 0.05) is 26.5 Å². The van der Waals surface area contributed by atoms with Crippen molar-refractivity contribution in [1.82, 2.24) is 9.97 Å². The van der Waals surface area contributed by atoms with Crippen LogP contribution in [0.5, 0.6) is 0 Å². The Morgan fingerprint density at radius 2 is 0.962 bits per heavy atom. The molecule has 1 spiro atoms. The van der Waals surface area contributed by atoms with Gasteiger partial charge >= 0.3 is 0 Å². The van der Waals surface area contributed by atoms with Gasteiger partial charge in [0.15, 0.2) is 5.82 Å². The maximum absolute atomic E-state index is 10.1. The number of rotatable bonds is 4. The monoisotopic (exact) mass is 679 g/mol. The summed E-state index contributed by atoms with van der Waals surface area (Å²) in [4.78, 5) is 12.5. The van der Waals surface area contributed by atoms with Gasteiger partial charge in [0.2, 0.25) is 0 Å². The number of nitrogens with zero attached hydrogens (tertiary/aromatic N) is 3. The Morgan fingerprint density at radius 3 is 1.65 bits per heavy atom. The zero-order valence-electron chi connectivity index (χ0n) is 28.0. The largest absolute Gasteiger partial charge is 0.228 e. The standard InChI is InChI=1S/C48H29N3S/c49-30-31-22-24-45-41(26-31)48(39-20-9-7-18-37(39)38-19-8-10-21-40(38)48)42-28-35(23-25-46(42)52-45)34-16-11-17-36(27-34)44-29-43(32-12-3-1-4-13-32)50-47(51-44)33-14-5-2-6-15-33/h1-29H. The summed E-state index contributed by atoms with van der Waals surface area (Å²) in [6.07, 6.45) is 0. The van der Waals surface area contributed by atoms with Gasteiger partial charge in [-0.3, -0.25) is 0 Å². The lowest BCUT2D eigenvalue weighted by molar-refractivity contribution is 0.722. The van der Waals surface area contributed by atoms with Crippen LogP contribution in [0.15, 0.2) is 186 Å². The average molecular weight is 680 g/mol. The molecule has 52 heavy (non-hydrogen) atoms. The minimum Gasteiger partial charge on any atom is -0.228 e. The highest BCUT2D eigenvalue weighted by atomic mass is 32.2. The lowest BCUT2D eigenvalue weighted by atomic mass is 9.66. The fraction of sp³-hybridized carbons (Fsp3) is 0.0208. The van der Waals surface area contributed by atoms with Crippen molar-refractivity contribution in [3.05, 3.63) is 204 Å². The number of fused-ring (bicyclic) bond motifs is 9. The summed E-state index contributed by atoms with van der Waals surface area (Å²) in [6.45, 7) is 0. The highest BCUT2D eigenvalue weighted by molar-refractivity contribution is 7.99. The van der Waals surface area contributed by atoms with Crippen LogP contribution in [0.3, 0.4) is 0 Å². The Hall–Kier alpha value is -6.54. The van der Waals surface area contributed by atoms with Crippen molar-refractivity contribution in [2.24, 2.45) is 0 Å². The molecule has 2 heterocycles. The average Bonchev–Trinajstić information content (AvgIpc) is 3.52. The first-order valence-electron chi connectivity index (χ1n) is 17.4. The molecule has 1 aromatic heterocycles. The van der Waals surface area contributed by atoms with Gasteiger partial charge in [-0.05, 0) is 87.0 Å². The van der Waals surface area contributed by atoms with Crippen LogP contribution < -0.4 is 0 Å². The maximum atomic E-state index is 10.1. The first-order chi connectivity index (χ1) is 25.7. The molecule has 242 valence electrons. The SMILES string of the molecule is N#Cc1ccc2c(c1)C1(c3cc(-c4cccc(-c5cc(-c6ccccc6)nc(-c6ccccc6)n5)c4)ccc3S2)c2ccccc2-c2ccccc21. The third kappa shape index (κ3) is 4.67. The summed E-state index contributed by atoms with van der Waals surface area (Å²) < 4.78 is 0. The predicted molar refractivity (Wildman–Crippen MR) is 210 cm³/mol. The van der Waals surface area contributed by atoms with E-state index in [4.69, 9.17) is 9.97 Å². The van der Waals surface area contributed by atoms with E-state index in [9.17, 15) is 5.26 Å². The Kier molecular flexibility index (Phi) is 7.02. The summed E-state index contributed by atoms with van der Waals surface area (Å²) in [7, 11) is 0.